The second-order valence-electron chi connectivity index (χ2n) is 16.7. The van der Waals surface area contributed by atoms with Crippen molar-refractivity contribution in [2.45, 2.75) is 63.2 Å². The predicted octanol–water partition coefficient (Wildman–Crippen LogP) is 13.3. The van der Waals surface area contributed by atoms with Gasteiger partial charge >= 0.3 is 0 Å². The van der Waals surface area contributed by atoms with E-state index in [-0.39, 0.29) is 10.8 Å². The van der Waals surface area contributed by atoms with Crippen molar-refractivity contribution in [2.75, 3.05) is 0 Å². The summed E-state index contributed by atoms with van der Waals surface area (Å²) < 4.78 is 0. The first kappa shape index (κ1) is 28.2. The van der Waals surface area contributed by atoms with Crippen LogP contribution in [0.15, 0.2) is 127 Å². The first-order valence-corrected chi connectivity index (χ1v) is 18.7. The van der Waals surface area contributed by atoms with Crippen molar-refractivity contribution in [3.05, 3.63) is 144 Å². The Morgan fingerprint density at radius 3 is 1.82 bits per heavy atom. The zero-order chi connectivity index (χ0) is 32.5. The molecule has 0 saturated heterocycles. The van der Waals surface area contributed by atoms with Gasteiger partial charge < -0.3 is 0 Å². The molecule has 0 radical (unpaired) electrons. The molecule has 5 aliphatic rings. The highest BCUT2D eigenvalue weighted by Gasteiger charge is 2.52. The average molecular weight is 631 g/mol. The summed E-state index contributed by atoms with van der Waals surface area (Å²) in [7, 11) is 0. The van der Waals surface area contributed by atoms with Crippen LogP contribution in [0.4, 0.5) is 0 Å². The Labute approximate surface area is 289 Å². The lowest BCUT2D eigenvalue weighted by Crippen LogP contribution is -2.48. The third kappa shape index (κ3) is 3.87. The smallest absolute Gasteiger partial charge is 0.0159 e. The van der Waals surface area contributed by atoms with Gasteiger partial charge in [-0.25, -0.2) is 0 Å². The highest BCUT2D eigenvalue weighted by atomic mass is 14.6. The van der Waals surface area contributed by atoms with Gasteiger partial charge in [0.2, 0.25) is 0 Å². The SMILES string of the molecule is CC1(C)c2ccccc2-c2c(-c3c4ccccc4c(C45CC6CC(CC(C6)C4)C5)c4ccc(-c5cccc6ccccc56)cc34)cccc21. The third-order valence-corrected chi connectivity index (χ3v) is 13.6. The number of rotatable bonds is 3. The van der Waals surface area contributed by atoms with Gasteiger partial charge in [0.1, 0.15) is 0 Å². The summed E-state index contributed by atoms with van der Waals surface area (Å²) in [6.07, 6.45) is 8.48. The lowest BCUT2D eigenvalue weighted by Gasteiger charge is -2.57. The normalized spacial score (nSPS) is 24.5. The highest BCUT2D eigenvalue weighted by Crippen LogP contribution is 2.63. The molecule has 0 aromatic heterocycles. The standard InChI is InChI=1S/C49H42/c1-48(2)43-19-8-7-16-40(43)46-41(18-10-20-44(46)48)45-37-14-5-6-15-38(37)47(49-27-30-23-31(28-49)25-32(24-30)29-49)39-22-21-34(26-42(39)45)36-17-9-12-33-11-3-4-13-35(33)36/h3-22,26,30-32H,23-25,27-29H2,1-2H3. The summed E-state index contributed by atoms with van der Waals surface area (Å²) in [4.78, 5) is 0. The molecule has 12 rings (SSSR count). The maximum absolute atomic E-state index is 2.58. The zero-order valence-corrected chi connectivity index (χ0v) is 28.6. The van der Waals surface area contributed by atoms with Gasteiger partial charge in [-0.1, -0.05) is 135 Å². The second-order valence-corrected chi connectivity index (χ2v) is 16.7. The quantitative estimate of drug-likeness (QED) is 0.170. The molecule has 0 heterocycles. The minimum absolute atomic E-state index is 0.0409. The first-order chi connectivity index (χ1) is 24.0. The minimum atomic E-state index is -0.0409. The van der Waals surface area contributed by atoms with E-state index in [4.69, 9.17) is 0 Å². The summed E-state index contributed by atoms with van der Waals surface area (Å²) in [5.41, 5.74) is 13.0. The molecular formula is C49H42. The molecule has 0 aliphatic heterocycles. The van der Waals surface area contributed by atoms with Crippen LogP contribution in [0.2, 0.25) is 0 Å². The van der Waals surface area contributed by atoms with Crippen LogP contribution in [-0.2, 0) is 10.8 Å². The van der Waals surface area contributed by atoms with E-state index in [0.717, 1.165) is 17.8 Å². The van der Waals surface area contributed by atoms with E-state index in [1.54, 1.807) is 5.56 Å². The van der Waals surface area contributed by atoms with Crippen LogP contribution in [-0.4, -0.2) is 0 Å². The van der Waals surface area contributed by atoms with Crippen LogP contribution in [0.5, 0.6) is 0 Å². The molecule has 7 aromatic carbocycles. The van der Waals surface area contributed by atoms with Gasteiger partial charge in [-0.15, -0.1) is 0 Å². The van der Waals surface area contributed by atoms with Crippen molar-refractivity contribution in [3.63, 3.8) is 0 Å². The lowest BCUT2D eigenvalue weighted by atomic mass is 9.47. The number of hydrogen-bond acceptors (Lipinski definition) is 0. The molecule has 4 saturated carbocycles. The molecule has 0 unspecified atom stereocenters. The summed E-state index contributed by atoms with van der Waals surface area (Å²) >= 11 is 0. The topological polar surface area (TPSA) is 0 Å². The lowest BCUT2D eigenvalue weighted by molar-refractivity contribution is -0.00382. The Balaban J connectivity index is 1.28. The van der Waals surface area contributed by atoms with Gasteiger partial charge in [0.25, 0.3) is 0 Å². The van der Waals surface area contributed by atoms with Crippen LogP contribution in [0.3, 0.4) is 0 Å². The molecule has 4 fully saturated rings. The van der Waals surface area contributed by atoms with E-state index in [0.29, 0.717) is 0 Å². The van der Waals surface area contributed by atoms with Crippen molar-refractivity contribution in [1.29, 1.82) is 0 Å². The maximum Gasteiger partial charge on any atom is 0.0159 e. The number of fused-ring (bicyclic) bond motifs is 6. The summed E-state index contributed by atoms with van der Waals surface area (Å²) in [5.74, 6) is 2.68. The van der Waals surface area contributed by atoms with Crippen LogP contribution in [0.25, 0.3) is 65.7 Å². The fourth-order valence-electron chi connectivity index (χ4n) is 12.1. The van der Waals surface area contributed by atoms with Crippen molar-refractivity contribution >= 4 is 32.3 Å². The van der Waals surface area contributed by atoms with Gasteiger partial charge in [-0.3, -0.25) is 0 Å². The Kier molecular flexibility index (Phi) is 5.72. The Hall–Kier alpha value is -4.68. The largest absolute Gasteiger partial charge is 0.0619 e. The van der Waals surface area contributed by atoms with E-state index in [1.807, 2.05) is 0 Å². The van der Waals surface area contributed by atoms with Gasteiger partial charge in [0.15, 0.2) is 0 Å². The van der Waals surface area contributed by atoms with E-state index < -0.39 is 0 Å². The number of benzene rings is 7. The summed E-state index contributed by atoms with van der Waals surface area (Å²) in [5, 5.41) is 8.45. The molecule has 0 heteroatoms. The average Bonchev–Trinajstić information content (AvgIpc) is 3.36. The van der Waals surface area contributed by atoms with E-state index in [1.165, 1.54) is 115 Å². The molecule has 4 bridgehead atoms. The number of hydrogen-bond donors (Lipinski definition) is 0. The van der Waals surface area contributed by atoms with Crippen molar-refractivity contribution < 1.29 is 0 Å². The van der Waals surface area contributed by atoms with E-state index in [9.17, 15) is 0 Å². The molecule has 0 N–H and O–H groups in total. The summed E-state index contributed by atoms with van der Waals surface area (Å²) in [6, 6.07) is 49.0. The van der Waals surface area contributed by atoms with Crippen LogP contribution in [0, 0.1) is 17.8 Å². The second kappa shape index (κ2) is 9.95. The Morgan fingerprint density at radius 1 is 0.449 bits per heavy atom. The molecular weight excluding hydrogens is 589 g/mol. The predicted molar refractivity (Wildman–Crippen MR) is 207 cm³/mol. The highest BCUT2D eigenvalue weighted by molar-refractivity contribution is 6.19. The molecule has 7 aromatic rings. The molecule has 0 spiro atoms. The zero-order valence-electron chi connectivity index (χ0n) is 28.6. The monoisotopic (exact) mass is 630 g/mol. The van der Waals surface area contributed by atoms with Crippen LogP contribution < -0.4 is 0 Å². The van der Waals surface area contributed by atoms with E-state index in [2.05, 4.69) is 141 Å². The molecule has 0 nitrogen and oxygen atoms in total. The van der Waals surface area contributed by atoms with Gasteiger partial charge in [0, 0.05) is 5.41 Å². The minimum Gasteiger partial charge on any atom is -0.0619 e. The molecule has 5 aliphatic carbocycles. The maximum atomic E-state index is 2.58. The van der Waals surface area contributed by atoms with Gasteiger partial charge in [-0.05, 0) is 150 Å². The molecule has 238 valence electrons. The Morgan fingerprint density at radius 2 is 1.02 bits per heavy atom. The van der Waals surface area contributed by atoms with Crippen LogP contribution in [0.1, 0.15) is 69.1 Å². The van der Waals surface area contributed by atoms with Gasteiger partial charge in [0.05, 0.1) is 0 Å². The first-order valence-electron chi connectivity index (χ1n) is 18.7. The molecule has 0 amide bonds. The molecule has 0 atom stereocenters. The van der Waals surface area contributed by atoms with Crippen molar-refractivity contribution in [3.8, 4) is 33.4 Å². The fourth-order valence-corrected chi connectivity index (χ4v) is 12.1. The van der Waals surface area contributed by atoms with Crippen molar-refractivity contribution in [2.24, 2.45) is 17.8 Å². The van der Waals surface area contributed by atoms with Crippen LogP contribution >= 0.6 is 0 Å². The molecule has 49 heavy (non-hydrogen) atoms. The fraction of sp³-hybridized carbons (Fsp3) is 0.265. The van der Waals surface area contributed by atoms with Crippen molar-refractivity contribution in [1.82, 2.24) is 0 Å². The summed E-state index contributed by atoms with van der Waals surface area (Å²) in [6.45, 7) is 4.82. The van der Waals surface area contributed by atoms with Gasteiger partial charge in [-0.2, -0.15) is 0 Å². The van der Waals surface area contributed by atoms with E-state index >= 15 is 0 Å². The third-order valence-electron chi connectivity index (χ3n) is 13.6. The Bertz CT molecular complexity index is 2470.